The van der Waals surface area contributed by atoms with E-state index in [0.29, 0.717) is 23.7 Å². The van der Waals surface area contributed by atoms with E-state index in [1.807, 2.05) is 0 Å². The number of carbonyl (C=O) groups excluding carboxylic acids is 3. The lowest BCUT2D eigenvalue weighted by atomic mass is 9.94. The zero-order valence-electron chi connectivity index (χ0n) is 16.6. The minimum Gasteiger partial charge on any atom is -0.344 e. The molecule has 0 aromatic heterocycles. The molecule has 0 radical (unpaired) electrons. The molecule has 1 aromatic rings. The minimum absolute atomic E-state index is 0.0465. The number of carbonyl (C=O) groups is 3. The molecular weight excluding hydrogens is 422 g/mol. The van der Waals surface area contributed by atoms with Gasteiger partial charge in [-0.15, -0.1) is 0 Å². The quantitative estimate of drug-likeness (QED) is 0.599. The monoisotopic (exact) mass is 449 g/mol. The Bertz CT molecular complexity index is 761. The van der Waals surface area contributed by atoms with Gasteiger partial charge in [-0.3, -0.25) is 19.3 Å². The molecule has 1 saturated carbocycles. The van der Waals surface area contributed by atoms with Gasteiger partial charge < -0.3 is 9.80 Å². The average molecular weight is 450 g/mol. The summed E-state index contributed by atoms with van der Waals surface area (Å²) in [4.78, 5) is 42.6. The van der Waals surface area contributed by atoms with Crippen molar-refractivity contribution in [1.82, 2.24) is 14.7 Å². The summed E-state index contributed by atoms with van der Waals surface area (Å²) in [7, 11) is 3.92. The summed E-state index contributed by atoms with van der Waals surface area (Å²) >= 11 is 3.32. The van der Waals surface area contributed by atoms with Crippen LogP contribution in [0, 0.1) is 0 Å². The van der Waals surface area contributed by atoms with Gasteiger partial charge in [-0.05, 0) is 38.1 Å². The number of halogens is 1. The maximum atomic E-state index is 12.5. The second-order valence-electron chi connectivity index (χ2n) is 7.79. The van der Waals surface area contributed by atoms with Crippen molar-refractivity contribution >= 4 is 33.7 Å². The van der Waals surface area contributed by atoms with Crippen LogP contribution in [0.3, 0.4) is 0 Å². The molecule has 0 unspecified atom stereocenters. The van der Waals surface area contributed by atoms with E-state index in [9.17, 15) is 14.4 Å². The molecule has 152 valence electrons. The number of hydrogen-bond donors (Lipinski definition) is 0. The molecule has 7 heteroatoms. The highest BCUT2D eigenvalue weighted by Crippen LogP contribution is 2.26. The lowest BCUT2D eigenvalue weighted by Crippen LogP contribution is -2.41. The molecule has 0 saturated heterocycles. The van der Waals surface area contributed by atoms with Gasteiger partial charge >= 0.3 is 0 Å². The van der Waals surface area contributed by atoms with E-state index in [4.69, 9.17) is 0 Å². The van der Waals surface area contributed by atoms with Gasteiger partial charge in [0.25, 0.3) is 11.8 Å². The van der Waals surface area contributed by atoms with Crippen molar-refractivity contribution in [3.05, 3.63) is 33.8 Å². The summed E-state index contributed by atoms with van der Waals surface area (Å²) < 4.78 is 0.757. The first-order valence-corrected chi connectivity index (χ1v) is 10.8. The van der Waals surface area contributed by atoms with Gasteiger partial charge in [-0.1, -0.05) is 35.2 Å². The molecule has 1 fully saturated rings. The van der Waals surface area contributed by atoms with Crippen molar-refractivity contribution in [2.24, 2.45) is 0 Å². The second kappa shape index (κ2) is 9.18. The molecular formula is C21H28BrN3O3. The predicted molar refractivity (Wildman–Crippen MR) is 111 cm³/mol. The van der Waals surface area contributed by atoms with E-state index in [1.54, 1.807) is 30.1 Å². The van der Waals surface area contributed by atoms with E-state index in [-0.39, 0.29) is 30.7 Å². The van der Waals surface area contributed by atoms with Crippen LogP contribution in [-0.2, 0) is 4.79 Å². The van der Waals surface area contributed by atoms with Crippen LogP contribution < -0.4 is 0 Å². The Morgan fingerprint density at radius 1 is 1.07 bits per heavy atom. The molecule has 1 aliphatic carbocycles. The Balaban J connectivity index is 1.47. The van der Waals surface area contributed by atoms with Crippen LogP contribution in [0.15, 0.2) is 22.7 Å². The Kier molecular flexibility index (Phi) is 6.88. The number of benzene rings is 1. The van der Waals surface area contributed by atoms with Gasteiger partial charge in [-0.2, -0.15) is 0 Å². The third-order valence-electron chi connectivity index (χ3n) is 5.89. The fourth-order valence-electron chi connectivity index (χ4n) is 4.00. The molecule has 0 spiro atoms. The van der Waals surface area contributed by atoms with E-state index < -0.39 is 0 Å². The smallest absolute Gasteiger partial charge is 0.261 e. The third-order valence-corrected chi connectivity index (χ3v) is 6.39. The molecule has 6 nitrogen and oxygen atoms in total. The van der Waals surface area contributed by atoms with E-state index in [1.165, 1.54) is 37.0 Å². The highest BCUT2D eigenvalue weighted by molar-refractivity contribution is 9.10. The molecule has 0 bridgehead atoms. The van der Waals surface area contributed by atoms with Gasteiger partial charge in [-0.25, -0.2) is 0 Å². The average Bonchev–Trinajstić information content (AvgIpc) is 2.94. The molecule has 1 heterocycles. The number of amides is 3. The Hall–Kier alpha value is -1.73. The summed E-state index contributed by atoms with van der Waals surface area (Å²) in [6, 6.07) is 5.67. The first kappa shape index (κ1) is 21.0. The van der Waals surface area contributed by atoms with Crippen molar-refractivity contribution in [3.8, 4) is 0 Å². The number of nitrogens with zero attached hydrogens (tertiary/aromatic N) is 3. The van der Waals surface area contributed by atoms with Crippen LogP contribution in [0.2, 0.25) is 0 Å². The minimum atomic E-state index is -0.325. The van der Waals surface area contributed by atoms with Gasteiger partial charge in [0.05, 0.1) is 11.1 Å². The van der Waals surface area contributed by atoms with Gasteiger partial charge in [0.2, 0.25) is 5.91 Å². The van der Waals surface area contributed by atoms with Crippen molar-refractivity contribution in [2.45, 2.75) is 44.6 Å². The van der Waals surface area contributed by atoms with Crippen LogP contribution in [0.5, 0.6) is 0 Å². The molecule has 1 aliphatic heterocycles. The predicted octanol–water partition coefficient (Wildman–Crippen LogP) is 3.16. The summed E-state index contributed by atoms with van der Waals surface area (Å²) in [5.74, 6) is -0.691. The topological polar surface area (TPSA) is 60.9 Å². The van der Waals surface area contributed by atoms with E-state index >= 15 is 0 Å². The zero-order chi connectivity index (χ0) is 20.3. The molecule has 0 N–H and O–H groups in total. The van der Waals surface area contributed by atoms with Crippen LogP contribution in [0.4, 0.5) is 0 Å². The van der Waals surface area contributed by atoms with Gasteiger partial charge in [0.1, 0.15) is 0 Å². The summed E-state index contributed by atoms with van der Waals surface area (Å²) in [6.45, 7) is 1.61. The third kappa shape index (κ3) is 4.63. The zero-order valence-corrected chi connectivity index (χ0v) is 18.2. The molecule has 2 aliphatic rings. The van der Waals surface area contributed by atoms with Gasteiger partial charge in [0, 0.05) is 43.6 Å². The number of likely N-dealkylation sites (N-methyl/N-ethyl adjacent to an activating group) is 2. The summed E-state index contributed by atoms with van der Waals surface area (Å²) in [5.41, 5.74) is 0.803. The lowest BCUT2D eigenvalue weighted by molar-refractivity contribution is -0.130. The number of hydrogen-bond acceptors (Lipinski definition) is 4. The van der Waals surface area contributed by atoms with Crippen LogP contribution in [-0.4, -0.2) is 72.2 Å². The largest absolute Gasteiger partial charge is 0.344 e. The van der Waals surface area contributed by atoms with Crippen molar-refractivity contribution in [2.75, 3.05) is 33.7 Å². The Labute approximate surface area is 175 Å². The van der Waals surface area contributed by atoms with Gasteiger partial charge in [0.15, 0.2) is 0 Å². The Morgan fingerprint density at radius 2 is 1.75 bits per heavy atom. The number of fused-ring (bicyclic) bond motifs is 1. The maximum absolute atomic E-state index is 12.5. The second-order valence-corrected chi connectivity index (χ2v) is 8.71. The van der Waals surface area contributed by atoms with Crippen molar-refractivity contribution in [1.29, 1.82) is 0 Å². The number of rotatable bonds is 7. The summed E-state index contributed by atoms with van der Waals surface area (Å²) in [6.07, 6.45) is 6.54. The fraction of sp³-hybridized carbons (Fsp3) is 0.571. The fourth-order valence-corrected chi connectivity index (χ4v) is 4.36. The van der Waals surface area contributed by atoms with Crippen LogP contribution in [0.25, 0.3) is 0 Å². The van der Waals surface area contributed by atoms with Crippen molar-refractivity contribution in [3.63, 3.8) is 0 Å². The normalized spacial score (nSPS) is 17.4. The maximum Gasteiger partial charge on any atom is 0.261 e. The first-order valence-electron chi connectivity index (χ1n) is 9.98. The van der Waals surface area contributed by atoms with Crippen LogP contribution >= 0.6 is 15.9 Å². The molecule has 0 atom stereocenters. The Morgan fingerprint density at radius 3 is 2.46 bits per heavy atom. The SMILES string of the molecule is CN(CCN(C)C1CCCCC1)C(=O)CCN1C(=O)c2ccc(Br)cc2C1=O. The lowest BCUT2D eigenvalue weighted by Gasteiger charge is -2.32. The number of imide groups is 1. The molecule has 3 rings (SSSR count). The molecule has 28 heavy (non-hydrogen) atoms. The van der Waals surface area contributed by atoms with E-state index in [2.05, 4.69) is 27.9 Å². The summed E-state index contributed by atoms with van der Waals surface area (Å²) in [5, 5.41) is 0. The molecule has 1 aromatic carbocycles. The van der Waals surface area contributed by atoms with E-state index in [0.717, 1.165) is 11.0 Å². The van der Waals surface area contributed by atoms with Crippen LogP contribution in [0.1, 0.15) is 59.2 Å². The highest BCUT2D eigenvalue weighted by Gasteiger charge is 2.35. The standard InChI is InChI=1S/C21H28BrN3O3/c1-23(16-6-4-3-5-7-16)12-13-24(2)19(26)10-11-25-20(27)17-9-8-15(22)14-18(17)21(25)28/h8-9,14,16H,3-7,10-13H2,1-2H3. The first-order chi connectivity index (χ1) is 13.4. The highest BCUT2D eigenvalue weighted by atomic mass is 79.9. The van der Waals surface area contributed by atoms with Crippen molar-refractivity contribution < 1.29 is 14.4 Å². The molecule has 3 amide bonds.